The Hall–Kier alpha value is -1.86. The van der Waals surface area contributed by atoms with Gasteiger partial charge in [-0.05, 0) is 64.3 Å². The minimum atomic E-state index is -3.67. The average Bonchev–Trinajstić information content (AvgIpc) is 2.47. The summed E-state index contributed by atoms with van der Waals surface area (Å²) in [7, 11) is -3.67. The highest BCUT2D eigenvalue weighted by Crippen LogP contribution is 2.22. The molecule has 1 aliphatic heterocycles. The monoisotopic (exact) mass is 352 g/mol. The quantitative estimate of drug-likeness (QED) is 0.872. The summed E-state index contributed by atoms with van der Waals surface area (Å²) in [6.45, 7) is 7.64. The first kappa shape index (κ1) is 18.5. The van der Waals surface area contributed by atoms with E-state index in [1.165, 1.54) is 12.1 Å². The second-order valence-electron chi connectivity index (χ2n) is 6.85. The van der Waals surface area contributed by atoms with E-state index in [4.69, 9.17) is 4.74 Å². The van der Waals surface area contributed by atoms with Crippen molar-refractivity contribution in [2.75, 3.05) is 11.9 Å². The predicted molar refractivity (Wildman–Crippen MR) is 93.2 cm³/mol. The Morgan fingerprint density at radius 2 is 1.96 bits per heavy atom. The molecule has 1 heterocycles. The zero-order chi connectivity index (χ0) is 18.0. The van der Waals surface area contributed by atoms with Gasteiger partial charge in [0.2, 0.25) is 10.0 Å². The van der Waals surface area contributed by atoms with E-state index in [0.29, 0.717) is 12.3 Å². The van der Waals surface area contributed by atoms with Gasteiger partial charge in [0.25, 0.3) is 5.91 Å². The molecule has 0 radical (unpaired) electrons. The van der Waals surface area contributed by atoms with Crippen LogP contribution in [-0.2, 0) is 19.6 Å². The van der Waals surface area contributed by atoms with Gasteiger partial charge >= 0.3 is 0 Å². The van der Waals surface area contributed by atoms with E-state index in [9.17, 15) is 13.2 Å². The third kappa shape index (κ3) is 4.82. The third-order valence-electron chi connectivity index (χ3n) is 3.37. The molecule has 1 aliphatic rings. The number of ether oxygens (including phenoxy) is 1. The first-order chi connectivity index (χ1) is 11.1. The van der Waals surface area contributed by atoms with Gasteiger partial charge in [-0.2, -0.15) is 0 Å². The normalized spacial score (nSPS) is 15.4. The largest absolute Gasteiger partial charge is 0.488 e. The van der Waals surface area contributed by atoms with E-state index in [1.807, 2.05) is 0 Å². The van der Waals surface area contributed by atoms with Gasteiger partial charge in [-0.25, -0.2) is 13.1 Å². The van der Waals surface area contributed by atoms with Crippen LogP contribution >= 0.6 is 0 Å². The molecule has 2 rings (SSSR count). The first-order valence-electron chi connectivity index (χ1n) is 7.87. The van der Waals surface area contributed by atoms with E-state index < -0.39 is 15.6 Å². The average molecular weight is 352 g/mol. The van der Waals surface area contributed by atoms with Crippen molar-refractivity contribution in [3.05, 3.63) is 35.6 Å². The molecule has 1 aromatic carbocycles. The minimum absolute atomic E-state index is 0.108. The first-order valence-corrected chi connectivity index (χ1v) is 9.36. The number of benzene rings is 1. The molecule has 0 atom stereocenters. The number of anilines is 1. The molecule has 0 saturated heterocycles. The van der Waals surface area contributed by atoms with E-state index in [0.717, 1.165) is 18.4 Å². The lowest BCUT2D eigenvalue weighted by Gasteiger charge is -2.21. The van der Waals surface area contributed by atoms with Crippen LogP contribution in [0.25, 0.3) is 0 Å². The number of sulfonamides is 1. The maximum absolute atomic E-state index is 12.4. The summed E-state index contributed by atoms with van der Waals surface area (Å²) < 4.78 is 32.8. The van der Waals surface area contributed by atoms with Crippen molar-refractivity contribution in [1.82, 2.24) is 4.72 Å². The van der Waals surface area contributed by atoms with Crippen LogP contribution in [0.4, 0.5) is 5.69 Å². The molecule has 0 saturated carbocycles. The van der Waals surface area contributed by atoms with E-state index in [2.05, 4.69) is 10.0 Å². The van der Waals surface area contributed by atoms with Gasteiger partial charge in [-0.1, -0.05) is 6.07 Å². The number of aryl methyl sites for hydroxylation is 1. The van der Waals surface area contributed by atoms with Crippen molar-refractivity contribution in [1.29, 1.82) is 0 Å². The van der Waals surface area contributed by atoms with Crippen LogP contribution in [0.5, 0.6) is 0 Å². The molecule has 1 amide bonds. The predicted octanol–water partition coefficient (Wildman–Crippen LogP) is 2.70. The van der Waals surface area contributed by atoms with Crippen LogP contribution in [-0.4, -0.2) is 26.5 Å². The van der Waals surface area contributed by atoms with Crippen LogP contribution in [0.15, 0.2) is 34.9 Å². The van der Waals surface area contributed by atoms with Crippen molar-refractivity contribution < 1.29 is 17.9 Å². The SMILES string of the molecule is Cc1ccc(S(=O)(=O)NC(C)(C)C)cc1NC(=O)C1=CCCCO1. The molecular formula is C17H24N2O4S. The van der Waals surface area contributed by atoms with Gasteiger partial charge in [-0.15, -0.1) is 0 Å². The molecular weight excluding hydrogens is 328 g/mol. The standard InChI is InChI=1S/C17H24N2O4S/c1-12-8-9-13(24(21,22)19-17(2,3)4)11-14(12)18-16(20)15-7-5-6-10-23-15/h7-9,11,19H,5-6,10H2,1-4H3,(H,18,20). The van der Waals surface area contributed by atoms with E-state index >= 15 is 0 Å². The van der Waals surface area contributed by atoms with Crippen LogP contribution in [0.1, 0.15) is 39.2 Å². The zero-order valence-electron chi connectivity index (χ0n) is 14.5. The summed E-state index contributed by atoms with van der Waals surface area (Å²) in [5, 5.41) is 2.73. The molecule has 1 aromatic rings. The van der Waals surface area contributed by atoms with E-state index in [-0.39, 0.29) is 16.6 Å². The van der Waals surface area contributed by atoms with Gasteiger partial charge in [-0.3, -0.25) is 4.79 Å². The summed E-state index contributed by atoms with van der Waals surface area (Å²) in [6.07, 6.45) is 3.43. The van der Waals surface area contributed by atoms with Crippen LogP contribution in [0, 0.1) is 6.92 Å². The molecule has 0 aliphatic carbocycles. The number of carbonyl (C=O) groups excluding carboxylic acids is 1. The summed E-state index contributed by atoms with van der Waals surface area (Å²) in [5.41, 5.74) is 0.634. The number of rotatable bonds is 4. The fraction of sp³-hybridized carbons (Fsp3) is 0.471. The summed E-state index contributed by atoms with van der Waals surface area (Å²) in [5.74, 6) is -0.0853. The maximum Gasteiger partial charge on any atom is 0.290 e. The molecule has 7 heteroatoms. The fourth-order valence-corrected chi connectivity index (χ4v) is 3.71. The van der Waals surface area contributed by atoms with Crippen molar-refractivity contribution in [3.63, 3.8) is 0 Å². The Morgan fingerprint density at radius 3 is 2.54 bits per heavy atom. The maximum atomic E-state index is 12.4. The Balaban J connectivity index is 2.26. The number of nitrogens with one attached hydrogen (secondary N) is 2. The number of hydrogen-bond acceptors (Lipinski definition) is 4. The molecule has 24 heavy (non-hydrogen) atoms. The number of carbonyl (C=O) groups is 1. The van der Waals surface area contributed by atoms with Gasteiger partial charge in [0.1, 0.15) is 0 Å². The summed E-state index contributed by atoms with van der Waals surface area (Å²) in [4.78, 5) is 12.3. The molecule has 2 N–H and O–H groups in total. The highest BCUT2D eigenvalue weighted by atomic mass is 32.2. The molecule has 6 nitrogen and oxygen atoms in total. The van der Waals surface area contributed by atoms with Gasteiger partial charge in [0.15, 0.2) is 5.76 Å². The second kappa shape index (κ2) is 6.94. The lowest BCUT2D eigenvalue weighted by Crippen LogP contribution is -2.40. The smallest absolute Gasteiger partial charge is 0.290 e. The second-order valence-corrected chi connectivity index (χ2v) is 8.53. The lowest BCUT2D eigenvalue weighted by molar-refractivity contribution is -0.116. The van der Waals surface area contributed by atoms with Crippen molar-refractivity contribution in [3.8, 4) is 0 Å². The van der Waals surface area contributed by atoms with Gasteiger partial charge < -0.3 is 10.1 Å². The zero-order valence-corrected chi connectivity index (χ0v) is 15.3. The fourth-order valence-electron chi connectivity index (χ4n) is 2.26. The molecule has 0 aromatic heterocycles. The Bertz CT molecular complexity index is 761. The molecule has 0 bridgehead atoms. The minimum Gasteiger partial charge on any atom is -0.488 e. The van der Waals surface area contributed by atoms with Crippen molar-refractivity contribution in [2.24, 2.45) is 0 Å². The van der Waals surface area contributed by atoms with E-state index in [1.54, 1.807) is 39.8 Å². The summed E-state index contributed by atoms with van der Waals surface area (Å²) >= 11 is 0. The van der Waals surface area contributed by atoms with Crippen molar-refractivity contribution in [2.45, 2.75) is 51.0 Å². The van der Waals surface area contributed by atoms with Crippen molar-refractivity contribution >= 4 is 21.6 Å². The highest BCUT2D eigenvalue weighted by molar-refractivity contribution is 7.89. The lowest BCUT2D eigenvalue weighted by atomic mass is 10.1. The Kier molecular flexibility index (Phi) is 5.35. The number of allylic oxidation sites excluding steroid dienone is 1. The van der Waals surface area contributed by atoms with Crippen LogP contribution < -0.4 is 10.0 Å². The topological polar surface area (TPSA) is 84.5 Å². The third-order valence-corrected chi connectivity index (χ3v) is 5.12. The molecule has 0 unspecified atom stereocenters. The number of amides is 1. The highest BCUT2D eigenvalue weighted by Gasteiger charge is 2.23. The number of hydrogen-bond donors (Lipinski definition) is 2. The summed E-state index contributed by atoms with van der Waals surface area (Å²) in [6, 6.07) is 4.66. The Morgan fingerprint density at radius 1 is 1.25 bits per heavy atom. The molecule has 132 valence electrons. The molecule has 0 spiro atoms. The Labute approximate surface area is 143 Å². The van der Waals surface area contributed by atoms with Gasteiger partial charge in [0.05, 0.1) is 11.5 Å². The van der Waals surface area contributed by atoms with Crippen LogP contribution in [0.3, 0.4) is 0 Å². The van der Waals surface area contributed by atoms with Crippen LogP contribution in [0.2, 0.25) is 0 Å². The molecule has 0 fully saturated rings. The van der Waals surface area contributed by atoms with Gasteiger partial charge in [0, 0.05) is 11.2 Å².